The first-order chi connectivity index (χ1) is 8.85. The number of methoxy groups -OCH3 is 1. The monoisotopic (exact) mass is 263 g/mol. The summed E-state index contributed by atoms with van der Waals surface area (Å²) in [6, 6.07) is 5.42. The fourth-order valence-electron chi connectivity index (χ4n) is 2.73. The second-order valence-corrected chi connectivity index (χ2v) is 5.77. The van der Waals surface area contributed by atoms with Crippen LogP contribution in [0.25, 0.3) is 0 Å². The minimum Gasteiger partial charge on any atom is -0.496 e. The molecule has 104 valence electrons. The lowest BCUT2D eigenvalue weighted by Crippen LogP contribution is -2.42. The van der Waals surface area contributed by atoms with Crippen molar-refractivity contribution >= 4 is 5.91 Å². The van der Waals surface area contributed by atoms with Crippen molar-refractivity contribution in [2.75, 3.05) is 13.7 Å². The normalized spacial score (nSPS) is 21.5. The van der Waals surface area contributed by atoms with Crippen LogP contribution in [0.5, 0.6) is 5.75 Å². The number of β-amino-alcohol motifs (C(OH)–C–C–N with tert-alkyl or cyclic N) is 1. The summed E-state index contributed by atoms with van der Waals surface area (Å²) in [7, 11) is 1.61. The molecule has 1 fully saturated rings. The molecular formula is C15H21NO3. The van der Waals surface area contributed by atoms with Crippen molar-refractivity contribution in [2.24, 2.45) is 0 Å². The Kier molecular flexibility index (Phi) is 3.54. The predicted molar refractivity (Wildman–Crippen MR) is 73.5 cm³/mol. The molecule has 1 aromatic carbocycles. The van der Waals surface area contributed by atoms with Crippen LogP contribution in [-0.2, 0) is 0 Å². The molecule has 2 rings (SSSR count). The van der Waals surface area contributed by atoms with Gasteiger partial charge in [0.2, 0.25) is 0 Å². The van der Waals surface area contributed by atoms with Gasteiger partial charge in [-0.1, -0.05) is 0 Å². The molecule has 0 aliphatic carbocycles. The van der Waals surface area contributed by atoms with Crippen LogP contribution < -0.4 is 4.74 Å². The number of nitrogens with zero attached hydrogens (tertiary/aromatic N) is 1. The number of carbonyl (C=O) groups is 1. The van der Waals surface area contributed by atoms with Gasteiger partial charge in [0.05, 0.1) is 13.2 Å². The Morgan fingerprint density at radius 1 is 1.47 bits per heavy atom. The molecule has 1 aliphatic rings. The standard InChI is InChI=1S/C15H21NO3/c1-10-7-11(5-6-13(10)19-4)14(18)16-9-12(17)8-15(16,2)3/h5-7,12,17H,8-9H2,1-4H3. The molecule has 0 bridgehead atoms. The van der Waals surface area contributed by atoms with Crippen LogP contribution in [0, 0.1) is 6.92 Å². The molecular weight excluding hydrogens is 242 g/mol. The van der Waals surface area contributed by atoms with Crippen LogP contribution in [0.3, 0.4) is 0 Å². The van der Waals surface area contributed by atoms with E-state index < -0.39 is 6.10 Å². The molecule has 4 nitrogen and oxygen atoms in total. The van der Waals surface area contributed by atoms with E-state index in [4.69, 9.17) is 4.74 Å². The second-order valence-electron chi connectivity index (χ2n) is 5.77. The second kappa shape index (κ2) is 4.85. The highest BCUT2D eigenvalue weighted by Gasteiger charge is 2.40. The van der Waals surface area contributed by atoms with Gasteiger partial charge in [0.15, 0.2) is 0 Å². The minimum atomic E-state index is -0.432. The SMILES string of the molecule is COc1ccc(C(=O)N2CC(O)CC2(C)C)cc1C. The number of aliphatic hydroxyl groups excluding tert-OH is 1. The smallest absolute Gasteiger partial charge is 0.254 e. The molecule has 1 unspecified atom stereocenters. The average Bonchev–Trinajstić information content (AvgIpc) is 2.61. The molecule has 0 saturated carbocycles. The first-order valence-electron chi connectivity index (χ1n) is 6.50. The van der Waals surface area contributed by atoms with E-state index in [1.54, 1.807) is 18.1 Å². The Balaban J connectivity index is 2.27. The highest BCUT2D eigenvalue weighted by atomic mass is 16.5. The molecule has 1 N–H and O–H groups in total. The summed E-state index contributed by atoms with van der Waals surface area (Å²) in [5.41, 5.74) is 1.27. The van der Waals surface area contributed by atoms with Crippen LogP contribution in [-0.4, -0.2) is 41.2 Å². The molecule has 1 aromatic rings. The summed E-state index contributed by atoms with van der Waals surface area (Å²) in [5, 5.41) is 9.75. The number of amides is 1. The van der Waals surface area contributed by atoms with Crippen molar-refractivity contribution in [2.45, 2.75) is 38.8 Å². The molecule has 1 amide bonds. The summed E-state index contributed by atoms with van der Waals surface area (Å²) in [6.45, 7) is 6.28. The highest BCUT2D eigenvalue weighted by Crippen LogP contribution is 2.30. The van der Waals surface area contributed by atoms with E-state index in [0.29, 0.717) is 18.5 Å². The van der Waals surface area contributed by atoms with Crippen LogP contribution in [0.2, 0.25) is 0 Å². The van der Waals surface area contributed by atoms with Crippen molar-refractivity contribution < 1.29 is 14.6 Å². The molecule has 1 saturated heterocycles. The third-order valence-electron chi connectivity index (χ3n) is 3.75. The molecule has 1 atom stereocenters. The number of carbonyl (C=O) groups excluding carboxylic acids is 1. The van der Waals surface area contributed by atoms with E-state index >= 15 is 0 Å². The van der Waals surface area contributed by atoms with Gasteiger partial charge in [-0.2, -0.15) is 0 Å². The van der Waals surface area contributed by atoms with E-state index in [0.717, 1.165) is 11.3 Å². The Labute approximate surface area is 114 Å². The van der Waals surface area contributed by atoms with Gasteiger partial charge in [-0.05, 0) is 51.0 Å². The van der Waals surface area contributed by atoms with Crippen LogP contribution >= 0.6 is 0 Å². The van der Waals surface area contributed by atoms with Gasteiger partial charge in [0, 0.05) is 17.6 Å². The van der Waals surface area contributed by atoms with E-state index in [2.05, 4.69) is 0 Å². The van der Waals surface area contributed by atoms with Crippen molar-refractivity contribution in [3.05, 3.63) is 29.3 Å². The maximum Gasteiger partial charge on any atom is 0.254 e. The molecule has 0 spiro atoms. The number of ether oxygens (including phenoxy) is 1. The Hall–Kier alpha value is -1.55. The average molecular weight is 263 g/mol. The third kappa shape index (κ3) is 2.59. The molecule has 0 radical (unpaired) electrons. The fraction of sp³-hybridized carbons (Fsp3) is 0.533. The topological polar surface area (TPSA) is 49.8 Å². The molecule has 0 aromatic heterocycles. The zero-order valence-corrected chi connectivity index (χ0v) is 11.9. The summed E-state index contributed by atoms with van der Waals surface area (Å²) < 4.78 is 5.20. The van der Waals surface area contributed by atoms with Crippen molar-refractivity contribution in [1.82, 2.24) is 4.90 Å². The number of hydrogen-bond donors (Lipinski definition) is 1. The van der Waals surface area contributed by atoms with Crippen molar-refractivity contribution in [1.29, 1.82) is 0 Å². The maximum absolute atomic E-state index is 12.5. The van der Waals surface area contributed by atoms with Crippen LogP contribution in [0.4, 0.5) is 0 Å². The maximum atomic E-state index is 12.5. The third-order valence-corrected chi connectivity index (χ3v) is 3.75. The van der Waals surface area contributed by atoms with Gasteiger partial charge in [-0.15, -0.1) is 0 Å². The highest BCUT2D eigenvalue weighted by molar-refractivity contribution is 5.95. The summed E-state index contributed by atoms with van der Waals surface area (Å²) in [4.78, 5) is 14.3. The number of aryl methyl sites for hydroxylation is 1. The van der Waals surface area contributed by atoms with Gasteiger partial charge < -0.3 is 14.7 Å². The number of hydrogen-bond acceptors (Lipinski definition) is 3. The van der Waals surface area contributed by atoms with Crippen LogP contribution in [0.1, 0.15) is 36.2 Å². The van der Waals surface area contributed by atoms with Gasteiger partial charge in [0.1, 0.15) is 5.75 Å². The fourth-order valence-corrected chi connectivity index (χ4v) is 2.73. The summed E-state index contributed by atoms with van der Waals surface area (Å²) in [5.74, 6) is 0.740. The largest absolute Gasteiger partial charge is 0.496 e. The van der Waals surface area contributed by atoms with E-state index in [1.165, 1.54) is 0 Å². The first kappa shape index (κ1) is 13.9. The summed E-state index contributed by atoms with van der Waals surface area (Å²) >= 11 is 0. The number of likely N-dealkylation sites (tertiary alicyclic amines) is 1. The Morgan fingerprint density at radius 3 is 2.63 bits per heavy atom. The first-order valence-corrected chi connectivity index (χ1v) is 6.50. The lowest BCUT2D eigenvalue weighted by molar-refractivity contribution is 0.0641. The number of rotatable bonds is 2. The summed E-state index contributed by atoms with van der Waals surface area (Å²) in [6.07, 6.45) is 0.187. The zero-order chi connectivity index (χ0) is 14.2. The molecule has 1 heterocycles. The number of aliphatic hydroxyl groups is 1. The van der Waals surface area contributed by atoms with E-state index in [1.807, 2.05) is 32.9 Å². The lowest BCUT2D eigenvalue weighted by Gasteiger charge is -2.31. The van der Waals surface area contributed by atoms with Crippen molar-refractivity contribution in [3.63, 3.8) is 0 Å². The predicted octanol–water partition coefficient (Wildman–Crippen LogP) is 1.99. The van der Waals surface area contributed by atoms with E-state index in [-0.39, 0.29) is 11.4 Å². The van der Waals surface area contributed by atoms with Crippen LogP contribution in [0.15, 0.2) is 18.2 Å². The van der Waals surface area contributed by atoms with Gasteiger partial charge in [-0.3, -0.25) is 4.79 Å². The van der Waals surface area contributed by atoms with Gasteiger partial charge in [-0.25, -0.2) is 0 Å². The zero-order valence-electron chi connectivity index (χ0n) is 11.9. The van der Waals surface area contributed by atoms with Crippen molar-refractivity contribution in [3.8, 4) is 5.75 Å². The molecule has 4 heteroatoms. The van der Waals surface area contributed by atoms with Gasteiger partial charge in [0.25, 0.3) is 5.91 Å². The molecule has 19 heavy (non-hydrogen) atoms. The Morgan fingerprint density at radius 2 is 2.16 bits per heavy atom. The minimum absolute atomic E-state index is 0.0349. The number of benzene rings is 1. The molecule has 1 aliphatic heterocycles. The quantitative estimate of drug-likeness (QED) is 0.887. The van der Waals surface area contributed by atoms with Gasteiger partial charge >= 0.3 is 0 Å². The Bertz CT molecular complexity index is 496. The van der Waals surface area contributed by atoms with E-state index in [9.17, 15) is 9.90 Å². The lowest BCUT2D eigenvalue weighted by atomic mass is 10.00.